The van der Waals surface area contributed by atoms with Gasteiger partial charge in [0, 0.05) is 19.8 Å². The second kappa shape index (κ2) is 8.51. The zero-order valence-electron chi connectivity index (χ0n) is 11.1. The number of rotatable bonds is 4. The van der Waals surface area contributed by atoms with Crippen LogP contribution in [0.3, 0.4) is 0 Å². The second-order valence-corrected chi connectivity index (χ2v) is 3.99. The van der Waals surface area contributed by atoms with Crippen molar-refractivity contribution in [2.24, 2.45) is 4.99 Å². The van der Waals surface area contributed by atoms with Gasteiger partial charge in [-0.15, -0.1) is 24.0 Å². The van der Waals surface area contributed by atoms with Gasteiger partial charge in [-0.1, -0.05) is 12.1 Å². The van der Waals surface area contributed by atoms with Crippen LogP contribution in [0.2, 0.25) is 0 Å². The van der Waals surface area contributed by atoms with E-state index in [4.69, 9.17) is 0 Å². The van der Waals surface area contributed by atoms with Crippen LogP contribution in [0, 0.1) is 5.82 Å². The minimum Gasteiger partial charge on any atom is -0.352 e. The van der Waals surface area contributed by atoms with Crippen LogP contribution >= 0.6 is 24.0 Å². The molecule has 0 saturated heterocycles. The summed E-state index contributed by atoms with van der Waals surface area (Å²) < 4.78 is 13.0. The van der Waals surface area contributed by atoms with Crippen LogP contribution in [-0.2, 0) is 13.1 Å². The van der Waals surface area contributed by atoms with Gasteiger partial charge in [0.2, 0.25) is 0 Å². The van der Waals surface area contributed by atoms with Gasteiger partial charge in [-0.25, -0.2) is 4.39 Å². The van der Waals surface area contributed by atoms with Crippen LogP contribution < -0.4 is 10.6 Å². The van der Waals surface area contributed by atoms with Crippen LogP contribution in [0.4, 0.5) is 4.39 Å². The molecule has 0 radical (unpaired) electrons. The molecule has 0 aliphatic heterocycles. The third kappa shape index (κ3) is 5.16. The average Bonchev–Trinajstić information content (AvgIpc) is 2.92. The Morgan fingerprint density at radius 2 is 2.10 bits per heavy atom. The Labute approximate surface area is 134 Å². The molecule has 1 aromatic carbocycles. The molecule has 0 fully saturated rings. The molecule has 0 spiro atoms. The number of benzene rings is 1. The standard InChI is InChI=1S/C13H16FN5.HI/c1-15-13(17-9-12-5-6-18-19-12)16-8-10-3-2-4-11(14)7-10;/h2-7H,8-9H2,1H3,(H,18,19)(H2,15,16,17);1H. The van der Waals surface area contributed by atoms with Gasteiger partial charge in [0.15, 0.2) is 5.96 Å². The minimum atomic E-state index is -0.236. The maximum Gasteiger partial charge on any atom is 0.191 e. The topological polar surface area (TPSA) is 65.1 Å². The van der Waals surface area contributed by atoms with Crippen LogP contribution in [0.25, 0.3) is 0 Å². The number of nitrogens with zero attached hydrogens (tertiary/aromatic N) is 2. The van der Waals surface area contributed by atoms with Crippen molar-refractivity contribution < 1.29 is 4.39 Å². The molecular weight excluding hydrogens is 372 g/mol. The van der Waals surface area contributed by atoms with Crippen molar-refractivity contribution in [1.29, 1.82) is 0 Å². The third-order valence-electron chi connectivity index (χ3n) is 2.58. The van der Waals surface area contributed by atoms with Crippen LogP contribution in [0.5, 0.6) is 0 Å². The highest BCUT2D eigenvalue weighted by atomic mass is 127. The molecule has 2 rings (SSSR count). The number of halogens is 2. The van der Waals surface area contributed by atoms with Crippen LogP contribution in [0.15, 0.2) is 41.5 Å². The minimum absolute atomic E-state index is 0. The summed E-state index contributed by atoms with van der Waals surface area (Å²) in [6.07, 6.45) is 1.69. The van der Waals surface area contributed by atoms with Gasteiger partial charge in [0.25, 0.3) is 0 Å². The van der Waals surface area contributed by atoms with Crippen LogP contribution in [0.1, 0.15) is 11.3 Å². The van der Waals surface area contributed by atoms with E-state index < -0.39 is 0 Å². The van der Waals surface area contributed by atoms with Crippen molar-refractivity contribution in [3.63, 3.8) is 0 Å². The predicted octanol–water partition coefficient (Wildman–Crippen LogP) is 2.03. The lowest BCUT2D eigenvalue weighted by molar-refractivity contribution is 0.624. The summed E-state index contributed by atoms with van der Waals surface area (Å²) in [6.45, 7) is 1.11. The van der Waals surface area contributed by atoms with Gasteiger partial charge >= 0.3 is 0 Å². The van der Waals surface area contributed by atoms with Gasteiger partial charge < -0.3 is 10.6 Å². The fourth-order valence-electron chi connectivity index (χ4n) is 1.62. The summed E-state index contributed by atoms with van der Waals surface area (Å²) in [6, 6.07) is 8.35. The molecule has 1 aromatic heterocycles. The summed E-state index contributed by atoms with van der Waals surface area (Å²) in [5, 5.41) is 13.0. The number of hydrogen-bond donors (Lipinski definition) is 3. The summed E-state index contributed by atoms with van der Waals surface area (Å²) >= 11 is 0. The highest BCUT2D eigenvalue weighted by molar-refractivity contribution is 14.0. The van der Waals surface area contributed by atoms with Crippen molar-refractivity contribution in [3.05, 3.63) is 53.6 Å². The molecule has 0 saturated carbocycles. The smallest absolute Gasteiger partial charge is 0.191 e. The van der Waals surface area contributed by atoms with E-state index >= 15 is 0 Å². The molecule has 1 heterocycles. The van der Waals surface area contributed by atoms with E-state index in [-0.39, 0.29) is 29.8 Å². The molecule has 20 heavy (non-hydrogen) atoms. The summed E-state index contributed by atoms with van der Waals surface area (Å²) in [4.78, 5) is 4.09. The molecule has 7 heteroatoms. The third-order valence-corrected chi connectivity index (χ3v) is 2.58. The Morgan fingerprint density at radius 1 is 1.30 bits per heavy atom. The van der Waals surface area contributed by atoms with E-state index in [2.05, 4.69) is 25.8 Å². The SMILES string of the molecule is CN=C(NCc1cccc(F)c1)NCc1ccn[nH]1.I. The van der Waals surface area contributed by atoms with E-state index in [0.717, 1.165) is 11.3 Å². The van der Waals surface area contributed by atoms with Crippen molar-refractivity contribution in [2.45, 2.75) is 13.1 Å². The molecule has 0 aliphatic carbocycles. The Hall–Kier alpha value is -1.64. The lowest BCUT2D eigenvalue weighted by atomic mass is 10.2. The quantitative estimate of drug-likeness (QED) is 0.426. The number of nitrogens with one attached hydrogen (secondary N) is 3. The molecule has 0 bridgehead atoms. The van der Waals surface area contributed by atoms with Crippen molar-refractivity contribution in [2.75, 3.05) is 7.05 Å². The first-order valence-corrected chi connectivity index (χ1v) is 5.95. The first-order chi connectivity index (χ1) is 9.28. The molecule has 0 unspecified atom stereocenters. The highest BCUT2D eigenvalue weighted by Crippen LogP contribution is 2.02. The van der Waals surface area contributed by atoms with Gasteiger partial charge in [-0.2, -0.15) is 5.10 Å². The van der Waals surface area contributed by atoms with Gasteiger partial charge in [-0.05, 0) is 23.8 Å². The van der Waals surface area contributed by atoms with Crippen LogP contribution in [-0.4, -0.2) is 23.2 Å². The molecule has 3 N–H and O–H groups in total. The Morgan fingerprint density at radius 3 is 2.75 bits per heavy atom. The zero-order chi connectivity index (χ0) is 13.5. The summed E-state index contributed by atoms with van der Waals surface area (Å²) in [5.74, 6) is 0.415. The lowest BCUT2D eigenvalue weighted by Crippen LogP contribution is -2.36. The number of aromatic nitrogens is 2. The maximum atomic E-state index is 13.0. The maximum absolute atomic E-state index is 13.0. The zero-order valence-corrected chi connectivity index (χ0v) is 13.4. The fraction of sp³-hybridized carbons (Fsp3) is 0.231. The van der Waals surface area contributed by atoms with E-state index in [1.54, 1.807) is 19.3 Å². The number of H-pyrrole nitrogens is 1. The first kappa shape index (κ1) is 16.4. The molecular formula is C13H17FIN5. The van der Waals surface area contributed by atoms with E-state index in [9.17, 15) is 4.39 Å². The number of aromatic amines is 1. The normalized spacial score (nSPS) is 10.8. The van der Waals surface area contributed by atoms with E-state index in [1.165, 1.54) is 12.1 Å². The monoisotopic (exact) mass is 389 g/mol. The Bertz CT molecular complexity index is 541. The Kier molecular flexibility index (Phi) is 6.99. The predicted molar refractivity (Wildman–Crippen MR) is 87.4 cm³/mol. The van der Waals surface area contributed by atoms with Gasteiger partial charge in [0.1, 0.15) is 5.82 Å². The molecule has 108 valence electrons. The van der Waals surface area contributed by atoms with E-state index in [1.807, 2.05) is 12.1 Å². The number of hydrogen-bond acceptors (Lipinski definition) is 2. The van der Waals surface area contributed by atoms with Crippen molar-refractivity contribution in [1.82, 2.24) is 20.8 Å². The largest absolute Gasteiger partial charge is 0.352 e. The van der Waals surface area contributed by atoms with Gasteiger partial charge in [-0.3, -0.25) is 10.1 Å². The number of aliphatic imine (C=N–C) groups is 1. The summed E-state index contributed by atoms with van der Waals surface area (Å²) in [7, 11) is 1.69. The van der Waals surface area contributed by atoms with Crippen molar-refractivity contribution in [3.8, 4) is 0 Å². The molecule has 0 aliphatic rings. The lowest BCUT2D eigenvalue weighted by Gasteiger charge is -2.11. The van der Waals surface area contributed by atoms with E-state index in [0.29, 0.717) is 19.0 Å². The first-order valence-electron chi connectivity index (χ1n) is 5.95. The fourth-order valence-corrected chi connectivity index (χ4v) is 1.62. The molecule has 0 amide bonds. The Balaban J connectivity index is 0.00000200. The average molecular weight is 389 g/mol. The van der Waals surface area contributed by atoms with Crippen molar-refractivity contribution >= 4 is 29.9 Å². The molecule has 0 atom stereocenters. The van der Waals surface area contributed by atoms with Gasteiger partial charge in [0.05, 0.1) is 12.2 Å². The molecule has 5 nitrogen and oxygen atoms in total. The highest BCUT2D eigenvalue weighted by Gasteiger charge is 2.00. The molecule has 2 aromatic rings. The number of guanidine groups is 1. The summed E-state index contributed by atoms with van der Waals surface area (Å²) in [5.41, 5.74) is 1.83. The second-order valence-electron chi connectivity index (χ2n) is 3.99.